The highest BCUT2D eigenvalue weighted by Gasteiger charge is 2.11. The number of benzene rings is 2. The maximum absolute atomic E-state index is 4.75. The molecule has 21 heavy (non-hydrogen) atoms. The molecule has 106 valence electrons. The van der Waals surface area contributed by atoms with Gasteiger partial charge in [-0.05, 0) is 74.4 Å². The summed E-state index contributed by atoms with van der Waals surface area (Å²) >= 11 is 0. The second-order valence-corrected chi connectivity index (χ2v) is 6.09. The molecule has 0 N–H and O–H groups in total. The van der Waals surface area contributed by atoms with Crippen LogP contribution >= 0.6 is 0 Å². The van der Waals surface area contributed by atoms with Gasteiger partial charge < -0.3 is 0 Å². The third-order valence-corrected chi connectivity index (χ3v) is 4.34. The third kappa shape index (κ3) is 2.33. The summed E-state index contributed by atoms with van der Waals surface area (Å²) in [4.78, 5) is 4.75. The van der Waals surface area contributed by atoms with Gasteiger partial charge in [0.1, 0.15) is 0 Å². The molecular formula is C20H21N. The summed E-state index contributed by atoms with van der Waals surface area (Å²) < 4.78 is 0. The van der Waals surface area contributed by atoms with Crippen molar-refractivity contribution in [3.63, 3.8) is 0 Å². The van der Waals surface area contributed by atoms with Gasteiger partial charge in [0.25, 0.3) is 0 Å². The van der Waals surface area contributed by atoms with Crippen molar-refractivity contribution in [1.82, 2.24) is 4.98 Å². The predicted molar refractivity (Wildman–Crippen MR) is 90.9 cm³/mol. The van der Waals surface area contributed by atoms with Crippen LogP contribution in [-0.2, 0) is 0 Å². The molecule has 0 bridgehead atoms. The van der Waals surface area contributed by atoms with Crippen LogP contribution in [0.25, 0.3) is 22.0 Å². The standard InChI is InChI=1S/C20H21N/c1-12-6-7-17-16(5)11-21-20(19(17)8-12)18-10-14(3)13(2)9-15(18)4/h6-11H,1-5H3. The molecule has 1 aromatic heterocycles. The van der Waals surface area contributed by atoms with Crippen LogP contribution in [0.15, 0.2) is 36.5 Å². The minimum absolute atomic E-state index is 1.10. The molecule has 1 nitrogen and oxygen atoms in total. The molecular weight excluding hydrogens is 254 g/mol. The minimum atomic E-state index is 1.10. The van der Waals surface area contributed by atoms with Crippen LogP contribution in [0.4, 0.5) is 0 Å². The summed E-state index contributed by atoms with van der Waals surface area (Å²) in [5.41, 5.74) is 8.79. The first-order valence-electron chi connectivity index (χ1n) is 7.41. The van der Waals surface area contributed by atoms with E-state index in [0.29, 0.717) is 0 Å². The third-order valence-electron chi connectivity index (χ3n) is 4.34. The van der Waals surface area contributed by atoms with Gasteiger partial charge in [0.15, 0.2) is 0 Å². The molecule has 0 aliphatic heterocycles. The fourth-order valence-corrected chi connectivity index (χ4v) is 2.93. The number of pyridine rings is 1. The molecule has 0 radical (unpaired) electrons. The monoisotopic (exact) mass is 275 g/mol. The molecule has 0 aliphatic rings. The molecule has 3 aromatic rings. The summed E-state index contributed by atoms with van der Waals surface area (Å²) in [6.07, 6.45) is 1.99. The Kier molecular flexibility index (Phi) is 3.29. The van der Waals surface area contributed by atoms with Crippen molar-refractivity contribution >= 4 is 10.8 Å². The van der Waals surface area contributed by atoms with Crippen LogP contribution in [0.5, 0.6) is 0 Å². The van der Waals surface area contributed by atoms with Crippen LogP contribution in [0.3, 0.4) is 0 Å². The lowest BCUT2D eigenvalue weighted by Gasteiger charge is -2.13. The normalized spacial score (nSPS) is 11.1. The first-order chi connectivity index (χ1) is 9.97. The first-order valence-corrected chi connectivity index (χ1v) is 7.41. The van der Waals surface area contributed by atoms with Crippen molar-refractivity contribution < 1.29 is 0 Å². The van der Waals surface area contributed by atoms with Gasteiger partial charge in [-0.15, -0.1) is 0 Å². The zero-order chi connectivity index (χ0) is 15.1. The summed E-state index contributed by atoms with van der Waals surface area (Å²) in [6, 6.07) is 11.2. The number of fused-ring (bicyclic) bond motifs is 1. The van der Waals surface area contributed by atoms with Crippen LogP contribution in [0.2, 0.25) is 0 Å². The van der Waals surface area contributed by atoms with E-state index in [9.17, 15) is 0 Å². The maximum Gasteiger partial charge on any atom is 0.0783 e. The summed E-state index contributed by atoms with van der Waals surface area (Å²) in [6.45, 7) is 10.8. The van der Waals surface area contributed by atoms with Crippen molar-refractivity contribution in [3.05, 3.63) is 64.3 Å². The van der Waals surface area contributed by atoms with Crippen molar-refractivity contribution in [2.24, 2.45) is 0 Å². The molecule has 2 aromatic carbocycles. The van der Waals surface area contributed by atoms with Gasteiger partial charge in [-0.1, -0.05) is 23.8 Å². The van der Waals surface area contributed by atoms with E-state index in [2.05, 4.69) is 65.0 Å². The van der Waals surface area contributed by atoms with Crippen molar-refractivity contribution in [1.29, 1.82) is 0 Å². The minimum Gasteiger partial charge on any atom is -0.255 e. The van der Waals surface area contributed by atoms with Gasteiger partial charge >= 0.3 is 0 Å². The molecule has 0 saturated carbocycles. The average Bonchev–Trinajstić information content (AvgIpc) is 2.44. The van der Waals surface area contributed by atoms with Gasteiger partial charge in [0.2, 0.25) is 0 Å². The van der Waals surface area contributed by atoms with Crippen molar-refractivity contribution in [3.8, 4) is 11.3 Å². The van der Waals surface area contributed by atoms with Gasteiger partial charge in [0, 0.05) is 17.1 Å². The Bertz CT molecular complexity index is 844. The first kappa shape index (κ1) is 13.8. The number of hydrogen-bond donors (Lipinski definition) is 0. The van der Waals surface area contributed by atoms with E-state index in [1.807, 2.05) is 6.20 Å². The van der Waals surface area contributed by atoms with Gasteiger partial charge in [0.05, 0.1) is 5.69 Å². The van der Waals surface area contributed by atoms with Crippen molar-refractivity contribution in [2.75, 3.05) is 0 Å². The molecule has 3 rings (SSSR count). The second-order valence-electron chi connectivity index (χ2n) is 6.09. The number of hydrogen-bond acceptors (Lipinski definition) is 1. The predicted octanol–water partition coefficient (Wildman–Crippen LogP) is 5.44. The Morgan fingerprint density at radius 1 is 0.667 bits per heavy atom. The molecule has 0 atom stereocenters. The molecule has 0 saturated heterocycles. The highest BCUT2D eigenvalue weighted by Crippen LogP contribution is 2.32. The Labute approximate surface area is 126 Å². The largest absolute Gasteiger partial charge is 0.255 e. The lowest BCUT2D eigenvalue weighted by molar-refractivity contribution is 1.26. The Morgan fingerprint density at radius 2 is 1.38 bits per heavy atom. The topological polar surface area (TPSA) is 12.9 Å². The zero-order valence-corrected chi connectivity index (χ0v) is 13.4. The smallest absolute Gasteiger partial charge is 0.0783 e. The lowest BCUT2D eigenvalue weighted by atomic mass is 9.94. The number of aryl methyl sites for hydroxylation is 5. The van der Waals surface area contributed by atoms with Gasteiger partial charge in [-0.2, -0.15) is 0 Å². The van der Waals surface area contributed by atoms with Crippen LogP contribution in [0, 0.1) is 34.6 Å². The van der Waals surface area contributed by atoms with Crippen LogP contribution < -0.4 is 0 Å². The quantitative estimate of drug-likeness (QED) is 0.576. The molecule has 0 fully saturated rings. The molecule has 1 heteroatoms. The van der Waals surface area contributed by atoms with Gasteiger partial charge in [-0.3, -0.25) is 4.98 Å². The Balaban J connectivity index is 2.38. The van der Waals surface area contributed by atoms with E-state index in [4.69, 9.17) is 4.98 Å². The average molecular weight is 275 g/mol. The summed E-state index contributed by atoms with van der Waals surface area (Å²) in [5, 5.41) is 2.55. The Morgan fingerprint density at radius 3 is 2.14 bits per heavy atom. The highest BCUT2D eigenvalue weighted by molar-refractivity contribution is 5.97. The number of aromatic nitrogens is 1. The number of rotatable bonds is 1. The molecule has 0 unspecified atom stereocenters. The molecule has 0 aliphatic carbocycles. The molecule has 0 spiro atoms. The van der Waals surface area contributed by atoms with Crippen LogP contribution in [0.1, 0.15) is 27.8 Å². The number of nitrogens with zero attached hydrogens (tertiary/aromatic N) is 1. The van der Waals surface area contributed by atoms with E-state index in [-0.39, 0.29) is 0 Å². The van der Waals surface area contributed by atoms with E-state index in [1.54, 1.807) is 0 Å². The highest BCUT2D eigenvalue weighted by atomic mass is 14.7. The fourth-order valence-electron chi connectivity index (χ4n) is 2.93. The van der Waals surface area contributed by atoms with Crippen LogP contribution in [-0.4, -0.2) is 4.98 Å². The fraction of sp³-hybridized carbons (Fsp3) is 0.250. The molecule has 1 heterocycles. The SMILES string of the molecule is Cc1ccc2c(C)cnc(-c3cc(C)c(C)cc3C)c2c1. The maximum atomic E-state index is 4.75. The lowest BCUT2D eigenvalue weighted by Crippen LogP contribution is -1.94. The van der Waals surface area contributed by atoms with E-state index in [1.165, 1.54) is 44.2 Å². The van der Waals surface area contributed by atoms with E-state index >= 15 is 0 Å². The summed E-state index contributed by atoms with van der Waals surface area (Å²) in [5.74, 6) is 0. The summed E-state index contributed by atoms with van der Waals surface area (Å²) in [7, 11) is 0. The second kappa shape index (κ2) is 5.00. The van der Waals surface area contributed by atoms with Gasteiger partial charge in [-0.25, -0.2) is 0 Å². The molecule has 0 amide bonds. The van der Waals surface area contributed by atoms with Crippen molar-refractivity contribution in [2.45, 2.75) is 34.6 Å². The van der Waals surface area contributed by atoms with E-state index in [0.717, 1.165) is 5.69 Å². The Hall–Kier alpha value is -2.15. The van der Waals surface area contributed by atoms with E-state index < -0.39 is 0 Å². The zero-order valence-electron chi connectivity index (χ0n) is 13.4.